The topological polar surface area (TPSA) is 192 Å². The second-order valence-corrected chi connectivity index (χ2v) is 13.3. The normalized spacial score (nSPS) is 10.9. The average Bonchev–Trinajstić information content (AvgIpc) is 2.99. The predicted molar refractivity (Wildman–Crippen MR) is 172 cm³/mol. The van der Waals surface area contributed by atoms with Crippen molar-refractivity contribution in [3.63, 3.8) is 0 Å². The molecule has 0 bridgehead atoms. The predicted octanol–water partition coefficient (Wildman–Crippen LogP) is 6.28. The number of benzene rings is 3. The van der Waals surface area contributed by atoms with Crippen LogP contribution in [0.15, 0.2) is 82.0 Å². The molecule has 0 aliphatic rings. The van der Waals surface area contributed by atoms with Crippen LogP contribution < -0.4 is 10.6 Å². The standard InChI is InChI=1S/C18H18N2O4S.C12H14N2O4S/c1-18(2,25-20-24)11-19-16(21)14-9-5-3-7-12(14)13-8-4-6-10-15(13)17(22)23;1-12(2,19-14-18)7-13-10(15)8-5-3-4-6-9(8)11(16)17/h3-10H,11H2,1-2H3,(H,19,21)(H,22,23);3-6H,7H2,1-2H3,(H,13,15)(H,16,17). The second-order valence-electron chi connectivity index (χ2n) is 10.5. The van der Waals surface area contributed by atoms with Gasteiger partial charge in [0, 0.05) is 51.7 Å². The second kappa shape index (κ2) is 16.3. The van der Waals surface area contributed by atoms with E-state index in [4.69, 9.17) is 5.11 Å². The molecule has 0 atom stereocenters. The van der Waals surface area contributed by atoms with E-state index in [9.17, 15) is 34.1 Å². The summed E-state index contributed by atoms with van der Waals surface area (Å²) in [5.74, 6) is -3.04. The lowest BCUT2D eigenvalue weighted by Gasteiger charge is -2.20. The molecule has 0 aliphatic carbocycles. The molecule has 3 rings (SSSR count). The third kappa shape index (κ3) is 10.6. The number of nitrogens with zero attached hydrogens (tertiary/aromatic N) is 2. The van der Waals surface area contributed by atoms with Gasteiger partial charge in [-0.1, -0.05) is 48.5 Å². The molecule has 0 saturated carbocycles. The van der Waals surface area contributed by atoms with Crippen molar-refractivity contribution < 1.29 is 29.4 Å². The van der Waals surface area contributed by atoms with E-state index in [0.29, 0.717) is 16.7 Å². The Morgan fingerprint density at radius 1 is 0.591 bits per heavy atom. The fourth-order valence-electron chi connectivity index (χ4n) is 3.73. The lowest BCUT2D eigenvalue weighted by molar-refractivity contribution is 0.0684. The minimum atomic E-state index is -1.16. The van der Waals surface area contributed by atoms with Crippen molar-refractivity contribution in [2.75, 3.05) is 13.1 Å². The summed E-state index contributed by atoms with van der Waals surface area (Å²) in [6.07, 6.45) is 0. The number of carboxylic acids is 2. The first-order chi connectivity index (χ1) is 20.7. The first-order valence-electron chi connectivity index (χ1n) is 13.0. The van der Waals surface area contributed by atoms with Crippen molar-refractivity contribution in [2.24, 2.45) is 9.16 Å². The van der Waals surface area contributed by atoms with Gasteiger partial charge >= 0.3 is 11.9 Å². The number of aromatic carboxylic acids is 2. The van der Waals surface area contributed by atoms with Crippen LogP contribution in [0.4, 0.5) is 0 Å². The highest BCUT2D eigenvalue weighted by atomic mass is 32.2. The smallest absolute Gasteiger partial charge is 0.336 e. The van der Waals surface area contributed by atoms with Crippen molar-refractivity contribution in [2.45, 2.75) is 37.2 Å². The van der Waals surface area contributed by atoms with E-state index in [0.717, 1.165) is 23.9 Å². The highest BCUT2D eigenvalue weighted by Gasteiger charge is 2.24. The Balaban J connectivity index is 0.000000319. The summed E-state index contributed by atoms with van der Waals surface area (Å²) in [7, 11) is 0. The molecular formula is C30H32N4O8S2. The summed E-state index contributed by atoms with van der Waals surface area (Å²) in [5.41, 5.74) is 1.55. The van der Waals surface area contributed by atoms with E-state index in [2.05, 4.69) is 19.8 Å². The molecule has 4 N–H and O–H groups in total. The average molecular weight is 641 g/mol. The Morgan fingerprint density at radius 3 is 1.36 bits per heavy atom. The van der Waals surface area contributed by atoms with Crippen molar-refractivity contribution >= 4 is 47.6 Å². The number of nitroso groups, excluding NO2 is 2. The molecule has 0 saturated heterocycles. The molecule has 0 heterocycles. The van der Waals surface area contributed by atoms with Crippen LogP contribution in [0.2, 0.25) is 0 Å². The van der Waals surface area contributed by atoms with Crippen molar-refractivity contribution in [1.82, 2.24) is 10.6 Å². The first-order valence-corrected chi connectivity index (χ1v) is 14.6. The maximum absolute atomic E-state index is 12.6. The van der Waals surface area contributed by atoms with Gasteiger partial charge in [-0.2, -0.15) is 0 Å². The number of carbonyl (C=O) groups excluding carboxylic acids is 2. The van der Waals surface area contributed by atoms with Crippen LogP contribution in [0.3, 0.4) is 0 Å². The monoisotopic (exact) mass is 640 g/mol. The molecular weight excluding hydrogens is 608 g/mol. The number of hydrogen-bond acceptors (Lipinski definition) is 10. The molecule has 44 heavy (non-hydrogen) atoms. The van der Waals surface area contributed by atoms with Gasteiger partial charge in [0.15, 0.2) is 0 Å². The van der Waals surface area contributed by atoms with E-state index in [1.54, 1.807) is 82.3 Å². The fourth-order valence-corrected chi connectivity index (χ4v) is 4.41. The van der Waals surface area contributed by atoms with Crippen LogP contribution in [0.5, 0.6) is 0 Å². The van der Waals surface area contributed by atoms with Crippen molar-refractivity contribution in [3.8, 4) is 11.1 Å². The van der Waals surface area contributed by atoms with Crippen LogP contribution in [0, 0.1) is 9.81 Å². The largest absolute Gasteiger partial charge is 0.478 e. The number of rotatable bonds is 13. The lowest BCUT2D eigenvalue weighted by atomic mass is 9.95. The van der Waals surface area contributed by atoms with Crippen LogP contribution >= 0.6 is 23.9 Å². The Labute approximate surface area is 262 Å². The molecule has 12 nitrogen and oxygen atoms in total. The number of carboxylic acid groups (broad SMARTS) is 2. The van der Waals surface area contributed by atoms with Gasteiger partial charge in [0.2, 0.25) is 0 Å². The van der Waals surface area contributed by atoms with Gasteiger partial charge in [0.05, 0.1) is 26.2 Å². The summed E-state index contributed by atoms with van der Waals surface area (Å²) in [6.45, 7) is 7.55. The van der Waals surface area contributed by atoms with Crippen LogP contribution in [0.25, 0.3) is 11.1 Å². The van der Waals surface area contributed by atoms with Gasteiger partial charge in [-0.05, 0) is 63.1 Å². The zero-order valence-electron chi connectivity index (χ0n) is 24.4. The quantitative estimate of drug-likeness (QED) is 0.122. The third-order valence-electron chi connectivity index (χ3n) is 5.94. The Bertz CT molecular complexity index is 1530. The van der Waals surface area contributed by atoms with E-state index >= 15 is 0 Å². The maximum atomic E-state index is 12.6. The van der Waals surface area contributed by atoms with E-state index in [1.807, 2.05) is 0 Å². The molecule has 3 aromatic carbocycles. The molecule has 2 amide bonds. The SMILES string of the molecule is CC(C)(CNC(=O)c1ccccc1-c1ccccc1C(=O)O)SN=O.CC(C)(CNC(=O)c1ccccc1C(=O)O)SN=O. The van der Waals surface area contributed by atoms with E-state index in [-0.39, 0.29) is 35.7 Å². The van der Waals surface area contributed by atoms with Crippen molar-refractivity contribution in [3.05, 3.63) is 105 Å². The van der Waals surface area contributed by atoms with Gasteiger partial charge in [-0.15, -0.1) is 9.81 Å². The van der Waals surface area contributed by atoms with Gasteiger partial charge in [0.25, 0.3) is 11.8 Å². The van der Waals surface area contributed by atoms with Crippen LogP contribution in [-0.2, 0) is 0 Å². The van der Waals surface area contributed by atoms with Crippen LogP contribution in [-0.4, -0.2) is 56.5 Å². The minimum Gasteiger partial charge on any atom is -0.478 e. The Hall–Kier alpha value is -4.56. The summed E-state index contributed by atoms with van der Waals surface area (Å²) in [6, 6.07) is 19.3. The zero-order valence-corrected chi connectivity index (χ0v) is 26.0. The number of hydrogen-bond donors (Lipinski definition) is 4. The maximum Gasteiger partial charge on any atom is 0.336 e. The molecule has 0 fully saturated rings. The molecule has 232 valence electrons. The molecule has 0 aliphatic heterocycles. The van der Waals surface area contributed by atoms with Gasteiger partial charge in [-0.25, -0.2) is 9.59 Å². The Kier molecular flexibility index (Phi) is 13.2. The van der Waals surface area contributed by atoms with Gasteiger partial charge < -0.3 is 20.8 Å². The summed E-state index contributed by atoms with van der Waals surface area (Å²) < 4.78 is 4.45. The van der Waals surface area contributed by atoms with E-state index in [1.165, 1.54) is 18.2 Å². The molecule has 0 unspecified atom stereocenters. The molecule has 0 radical (unpaired) electrons. The third-order valence-corrected chi connectivity index (χ3v) is 7.37. The van der Waals surface area contributed by atoms with Gasteiger partial charge in [0.1, 0.15) is 0 Å². The molecule has 3 aromatic rings. The number of nitrogens with one attached hydrogen (secondary N) is 2. The molecule has 14 heteroatoms. The summed E-state index contributed by atoms with van der Waals surface area (Å²) in [5, 5.41) is 23.7. The van der Waals surface area contributed by atoms with Crippen LogP contribution in [0.1, 0.15) is 69.1 Å². The van der Waals surface area contributed by atoms with Crippen molar-refractivity contribution in [1.29, 1.82) is 0 Å². The highest BCUT2D eigenvalue weighted by molar-refractivity contribution is 7.99. The summed E-state index contributed by atoms with van der Waals surface area (Å²) >= 11 is 1.67. The lowest BCUT2D eigenvalue weighted by Crippen LogP contribution is -2.36. The van der Waals surface area contributed by atoms with Gasteiger partial charge in [-0.3, -0.25) is 9.59 Å². The zero-order chi connectivity index (χ0) is 32.9. The first kappa shape index (κ1) is 35.6. The number of carbonyl (C=O) groups is 4. The Morgan fingerprint density at radius 2 is 0.932 bits per heavy atom. The fraction of sp³-hybridized carbons (Fsp3) is 0.267. The highest BCUT2D eigenvalue weighted by Crippen LogP contribution is 2.28. The minimum absolute atomic E-state index is 0.0565. The number of amides is 2. The van der Waals surface area contributed by atoms with E-state index < -0.39 is 27.3 Å². The molecule has 0 aromatic heterocycles. The molecule has 0 spiro atoms. The summed E-state index contributed by atoms with van der Waals surface area (Å²) in [4.78, 5) is 67.6.